The first-order valence-corrected chi connectivity index (χ1v) is 6.45. The molecule has 0 aliphatic heterocycles. The summed E-state index contributed by atoms with van der Waals surface area (Å²) in [7, 11) is 3.11. The average Bonchev–Trinajstić information content (AvgIpc) is 2.35. The van der Waals surface area contributed by atoms with E-state index < -0.39 is 11.9 Å². The quantitative estimate of drug-likeness (QED) is 0.772. The maximum absolute atomic E-state index is 10.7. The van der Waals surface area contributed by atoms with E-state index in [-0.39, 0.29) is 6.10 Å². The summed E-state index contributed by atoms with van der Waals surface area (Å²) in [6, 6.07) is 7.49. The van der Waals surface area contributed by atoms with Gasteiger partial charge in [-0.3, -0.25) is 0 Å². The third-order valence-corrected chi connectivity index (χ3v) is 2.92. The van der Waals surface area contributed by atoms with Crippen LogP contribution in [0.4, 0.5) is 0 Å². The van der Waals surface area contributed by atoms with Gasteiger partial charge in [0.2, 0.25) is 0 Å². The Bertz CT molecular complexity index is 383. The molecule has 1 atom stereocenters. The normalized spacial score (nSPS) is 14.7. The SMILES string of the molecule is COC(CC(C)(O)c1ccccc1OC(C)C)OC. The second kappa shape index (κ2) is 6.89. The van der Waals surface area contributed by atoms with Gasteiger partial charge >= 0.3 is 0 Å². The van der Waals surface area contributed by atoms with Crippen molar-refractivity contribution in [3.63, 3.8) is 0 Å². The molecule has 0 heterocycles. The molecule has 0 amide bonds. The fourth-order valence-electron chi connectivity index (χ4n) is 1.97. The molecule has 108 valence electrons. The Morgan fingerprint density at radius 2 is 1.74 bits per heavy atom. The molecule has 0 bridgehead atoms. The van der Waals surface area contributed by atoms with Gasteiger partial charge in [0.1, 0.15) is 5.75 Å². The largest absolute Gasteiger partial charge is 0.491 e. The van der Waals surface area contributed by atoms with Crippen LogP contribution in [-0.4, -0.2) is 31.7 Å². The zero-order valence-electron chi connectivity index (χ0n) is 12.3. The van der Waals surface area contributed by atoms with E-state index in [0.29, 0.717) is 12.2 Å². The molecule has 19 heavy (non-hydrogen) atoms. The molecular formula is C15H24O4. The summed E-state index contributed by atoms with van der Waals surface area (Å²) < 4.78 is 16.0. The number of hydrogen-bond donors (Lipinski definition) is 1. The van der Waals surface area contributed by atoms with E-state index in [1.54, 1.807) is 21.1 Å². The summed E-state index contributed by atoms with van der Waals surface area (Å²) in [5.41, 5.74) is -0.342. The number of rotatable bonds is 7. The lowest BCUT2D eigenvalue weighted by molar-refractivity contribution is -0.142. The molecule has 0 aliphatic carbocycles. The van der Waals surface area contributed by atoms with Gasteiger partial charge in [0, 0.05) is 26.2 Å². The molecule has 0 saturated carbocycles. The second-order valence-corrected chi connectivity index (χ2v) is 5.04. The standard InChI is InChI=1S/C15H24O4/c1-11(2)19-13-9-7-6-8-12(13)15(3,16)10-14(17-4)18-5/h6-9,11,14,16H,10H2,1-5H3. The molecule has 0 radical (unpaired) electrons. The van der Waals surface area contributed by atoms with Crippen molar-refractivity contribution in [1.82, 2.24) is 0 Å². The first-order valence-electron chi connectivity index (χ1n) is 6.45. The Hall–Kier alpha value is -1.10. The molecule has 0 aromatic heterocycles. The Balaban J connectivity index is 2.99. The topological polar surface area (TPSA) is 47.9 Å². The maximum atomic E-state index is 10.7. The molecule has 1 aromatic rings. The monoisotopic (exact) mass is 268 g/mol. The van der Waals surface area contributed by atoms with Crippen molar-refractivity contribution in [2.45, 2.75) is 45.2 Å². The van der Waals surface area contributed by atoms with E-state index in [4.69, 9.17) is 14.2 Å². The molecule has 0 aliphatic rings. The van der Waals surface area contributed by atoms with Crippen molar-refractivity contribution in [2.24, 2.45) is 0 Å². The van der Waals surface area contributed by atoms with Crippen LogP contribution in [0.2, 0.25) is 0 Å². The molecule has 1 aromatic carbocycles. The summed E-state index contributed by atoms with van der Waals surface area (Å²) in [4.78, 5) is 0. The highest BCUT2D eigenvalue weighted by Crippen LogP contribution is 2.34. The first-order chi connectivity index (χ1) is 8.90. The number of ether oxygens (including phenoxy) is 3. The highest BCUT2D eigenvalue weighted by Gasteiger charge is 2.30. The summed E-state index contributed by atoms with van der Waals surface area (Å²) >= 11 is 0. The van der Waals surface area contributed by atoms with E-state index in [1.807, 2.05) is 38.1 Å². The van der Waals surface area contributed by atoms with Gasteiger partial charge in [-0.2, -0.15) is 0 Å². The zero-order valence-corrected chi connectivity index (χ0v) is 12.3. The van der Waals surface area contributed by atoms with Crippen molar-refractivity contribution >= 4 is 0 Å². The van der Waals surface area contributed by atoms with Crippen LogP contribution in [0.5, 0.6) is 5.75 Å². The van der Waals surface area contributed by atoms with Crippen molar-refractivity contribution < 1.29 is 19.3 Å². The number of benzene rings is 1. The lowest BCUT2D eigenvalue weighted by Gasteiger charge is -2.29. The summed E-state index contributed by atoms with van der Waals surface area (Å²) in [5.74, 6) is 0.688. The van der Waals surface area contributed by atoms with E-state index >= 15 is 0 Å². The predicted octanol–water partition coefficient (Wildman–Crippen LogP) is 2.69. The highest BCUT2D eigenvalue weighted by atomic mass is 16.7. The lowest BCUT2D eigenvalue weighted by Crippen LogP contribution is -2.30. The van der Waals surface area contributed by atoms with Crippen LogP contribution in [0.3, 0.4) is 0 Å². The Morgan fingerprint density at radius 1 is 1.16 bits per heavy atom. The minimum Gasteiger partial charge on any atom is -0.491 e. The van der Waals surface area contributed by atoms with Gasteiger partial charge in [0.05, 0.1) is 11.7 Å². The van der Waals surface area contributed by atoms with Crippen LogP contribution >= 0.6 is 0 Å². The van der Waals surface area contributed by atoms with E-state index in [9.17, 15) is 5.11 Å². The van der Waals surface area contributed by atoms with Crippen molar-refractivity contribution in [1.29, 1.82) is 0 Å². The summed E-state index contributed by atoms with van der Waals surface area (Å²) in [6.45, 7) is 5.65. The van der Waals surface area contributed by atoms with Gasteiger partial charge in [-0.1, -0.05) is 18.2 Å². The lowest BCUT2D eigenvalue weighted by atomic mass is 9.91. The van der Waals surface area contributed by atoms with Gasteiger partial charge in [-0.15, -0.1) is 0 Å². The molecule has 4 heteroatoms. The zero-order chi connectivity index (χ0) is 14.5. The molecule has 0 saturated heterocycles. The van der Waals surface area contributed by atoms with Gasteiger partial charge in [0.15, 0.2) is 6.29 Å². The molecule has 1 rings (SSSR count). The highest BCUT2D eigenvalue weighted by molar-refractivity contribution is 5.37. The fourth-order valence-corrected chi connectivity index (χ4v) is 1.97. The van der Waals surface area contributed by atoms with E-state index in [1.165, 1.54) is 0 Å². The van der Waals surface area contributed by atoms with Crippen molar-refractivity contribution in [2.75, 3.05) is 14.2 Å². The van der Waals surface area contributed by atoms with Crippen LogP contribution < -0.4 is 4.74 Å². The minimum absolute atomic E-state index is 0.0533. The molecular weight excluding hydrogens is 244 g/mol. The van der Waals surface area contributed by atoms with Crippen molar-refractivity contribution in [3.8, 4) is 5.75 Å². The second-order valence-electron chi connectivity index (χ2n) is 5.04. The van der Waals surface area contributed by atoms with Crippen LogP contribution in [0, 0.1) is 0 Å². The van der Waals surface area contributed by atoms with Gasteiger partial charge in [-0.25, -0.2) is 0 Å². The minimum atomic E-state index is -1.08. The Kier molecular flexibility index (Phi) is 5.79. The van der Waals surface area contributed by atoms with Crippen LogP contribution in [0.25, 0.3) is 0 Å². The van der Waals surface area contributed by atoms with E-state index in [0.717, 1.165) is 5.56 Å². The van der Waals surface area contributed by atoms with Crippen LogP contribution in [0.1, 0.15) is 32.8 Å². The molecule has 0 spiro atoms. The smallest absolute Gasteiger partial charge is 0.159 e. The first kappa shape index (κ1) is 16.0. The molecule has 0 fully saturated rings. The van der Waals surface area contributed by atoms with Gasteiger partial charge < -0.3 is 19.3 Å². The van der Waals surface area contributed by atoms with E-state index in [2.05, 4.69) is 0 Å². The number of para-hydroxylation sites is 1. The molecule has 1 unspecified atom stereocenters. The third kappa shape index (κ3) is 4.49. The Labute approximate surface area is 115 Å². The molecule has 1 N–H and O–H groups in total. The number of hydrogen-bond acceptors (Lipinski definition) is 4. The van der Waals surface area contributed by atoms with Crippen LogP contribution in [0.15, 0.2) is 24.3 Å². The van der Waals surface area contributed by atoms with Crippen molar-refractivity contribution in [3.05, 3.63) is 29.8 Å². The summed E-state index contributed by atoms with van der Waals surface area (Å²) in [6.07, 6.45) is -0.0712. The Morgan fingerprint density at radius 3 is 2.26 bits per heavy atom. The van der Waals surface area contributed by atoms with Crippen LogP contribution in [-0.2, 0) is 15.1 Å². The number of aliphatic hydroxyl groups is 1. The maximum Gasteiger partial charge on any atom is 0.159 e. The van der Waals surface area contributed by atoms with Gasteiger partial charge in [0.25, 0.3) is 0 Å². The third-order valence-electron chi connectivity index (χ3n) is 2.92. The predicted molar refractivity (Wildman–Crippen MR) is 74.2 cm³/mol. The fraction of sp³-hybridized carbons (Fsp3) is 0.600. The summed E-state index contributed by atoms with van der Waals surface area (Å²) in [5, 5.41) is 10.7. The average molecular weight is 268 g/mol. The molecule has 4 nitrogen and oxygen atoms in total. The van der Waals surface area contributed by atoms with Gasteiger partial charge in [-0.05, 0) is 26.8 Å². The number of methoxy groups -OCH3 is 2.